The van der Waals surface area contributed by atoms with Gasteiger partial charge in [-0.25, -0.2) is 0 Å². The summed E-state index contributed by atoms with van der Waals surface area (Å²) < 4.78 is 35.7. The molecule has 2 saturated heterocycles. The van der Waals surface area contributed by atoms with Crippen LogP contribution in [0.1, 0.15) is 11.1 Å². The summed E-state index contributed by atoms with van der Waals surface area (Å²) in [7, 11) is 0. The van der Waals surface area contributed by atoms with Crippen LogP contribution in [0.5, 0.6) is 23.0 Å². The summed E-state index contributed by atoms with van der Waals surface area (Å²) in [4.78, 5) is 14.2. The number of fused-ring (bicyclic) bond motifs is 3. The Kier molecular flexibility index (Phi) is 10.7. The van der Waals surface area contributed by atoms with Gasteiger partial charge in [-0.05, 0) is 0 Å². The van der Waals surface area contributed by atoms with Crippen LogP contribution in [-0.2, 0) is 9.47 Å². The van der Waals surface area contributed by atoms with E-state index in [9.17, 15) is 0 Å². The quantitative estimate of drug-likeness (QED) is 0.342. The maximum atomic E-state index is 6.32. The zero-order valence-electron chi connectivity index (χ0n) is 24.2. The van der Waals surface area contributed by atoms with Crippen molar-refractivity contribution in [2.24, 2.45) is 9.98 Å². The first-order chi connectivity index (χ1) is 21.3. The van der Waals surface area contributed by atoms with E-state index in [1.54, 1.807) is 0 Å². The standard InChI is InChI=1S/C32H38N4O6.Ga/c37-31-21-27(41-19-13-35-9-15-39-16-10-35)7-5-25(31)23-33-29-3-1-2-4-30(29)34-24-26-6-8-28(22-32(26)38)42-20-14-36-11-17-40-18-12-36;/h1-8,21-24,37-38H,9-20H2;/q;+2/p-2. The molecule has 10 nitrogen and oxygen atoms in total. The molecule has 3 heterocycles. The van der Waals surface area contributed by atoms with Gasteiger partial charge in [0.2, 0.25) is 0 Å². The molecule has 223 valence electrons. The number of ether oxygens (including phenoxy) is 4. The number of rotatable bonds is 8. The SMILES string of the molecule is C1=Nc2ccccc2N=Cc2ccc(OCCN3CCOCC3)cc2[O][Ga][O]c2cc(OCCN3CCOCC3)ccc21. The number of aliphatic imine (C=N–C) groups is 2. The minimum atomic E-state index is -1.67. The second kappa shape index (κ2) is 15.4. The molecule has 43 heavy (non-hydrogen) atoms. The Morgan fingerprint density at radius 3 is 1.56 bits per heavy atom. The van der Waals surface area contributed by atoms with Crippen molar-refractivity contribution in [1.29, 1.82) is 0 Å². The third kappa shape index (κ3) is 8.62. The molecule has 0 saturated carbocycles. The van der Waals surface area contributed by atoms with E-state index in [1.807, 2.05) is 73.1 Å². The molecule has 0 bridgehead atoms. The summed E-state index contributed by atoms with van der Waals surface area (Å²) in [5.41, 5.74) is 3.22. The molecule has 3 aromatic carbocycles. The van der Waals surface area contributed by atoms with Crippen LogP contribution >= 0.6 is 0 Å². The number of hydrogen-bond acceptors (Lipinski definition) is 10. The molecule has 0 unspecified atom stereocenters. The Morgan fingerprint density at radius 1 is 0.628 bits per heavy atom. The van der Waals surface area contributed by atoms with Crippen LogP contribution in [0.2, 0.25) is 0 Å². The zero-order chi connectivity index (χ0) is 29.1. The van der Waals surface area contributed by atoms with Crippen molar-refractivity contribution in [3.63, 3.8) is 0 Å². The van der Waals surface area contributed by atoms with Crippen molar-refractivity contribution < 1.29 is 26.0 Å². The molecule has 0 aromatic heterocycles. The summed E-state index contributed by atoms with van der Waals surface area (Å²) in [6.45, 7) is 9.73. The first-order valence-electron chi connectivity index (χ1n) is 14.8. The molecular weight excluding hydrogens is 606 g/mol. The van der Waals surface area contributed by atoms with Gasteiger partial charge in [0.1, 0.15) is 0 Å². The van der Waals surface area contributed by atoms with E-state index in [1.165, 1.54) is 0 Å². The maximum absolute atomic E-state index is 6.32. The molecule has 0 aliphatic carbocycles. The summed E-state index contributed by atoms with van der Waals surface area (Å²) in [5.74, 6) is 2.87. The van der Waals surface area contributed by atoms with E-state index in [0.29, 0.717) is 24.7 Å². The fourth-order valence-electron chi connectivity index (χ4n) is 4.95. The van der Waals surface area contributed by atoms with E-state index in [0.717, 1.165) is 99.7 Å². The Hall–Kier alpha value is -3.32. The molecule has 1 radical (unpaired) electrons. The van der Waals surface area contributed by atoms with E-state index in [4.69, 9.17) is 36.0 Å². The zero-order valence-corrected chi connectivity index (χ0v) is 26.7. The average Bonchev–Trinajstić information content (AvgIpc) is 3.06. The van der Waals surface area contributed by atoms with E-state index >= 15 is 0 Å². The topological polar surface area (TPSA) is 86.6 Å². The molecule has 3 aliphatic rings. The number of para-hydroxylation sites is 2. The van der Waals surface area contributed by atoms with E-state index in [2.05, 4.69) is 9.80 Å². The van der Waals surface area contributed by atoms with Crippen LogP contribution in [0.4, 0.5) is 11.4 Å². The summed E-state index contributed by atoms with van der Waals surface area (Å²) in [6.07, 6.45) is 3.62. The predicted molar refractivity (Wildman–Crippen MR) is 166 cm³/mol. The van der Waals surface area contributed by atoms with E-state index < -0.39 is 18.1 Å². The van der Waals surface area contributed by atoms with Gasteiger partial charge in [0.15, 0.2) is 0 Å². The summed E-state index contributed by atoms with van der Waals surface area (Å²) in [6, 6.07) is 19.5. The second-order valence-corrected chi connectivity index (χ2v) is 11.7. The van der Waals surface area contributed by atoms with Gasteiger partial charge >= 0.3 is 261 Å². The molecule has 2 fully saturated rings. The second-order valence-electron chi connectivity index (χ2n) is 10.3. The third-order valence-corrected chi connectivity index (χ3v) is 8.92. The Labute approximate surface area is 260 Å². The molecule has 0 N–H and O–H groups in total. The van der Waals surface area contributed by atoms with Crippen molar-refractivity contribution in [2.45, 2.75) is 0 Å². The van der Waals surface area contributed by atoms with Gasteiger partial charge in [-0.2, -0.15) is 0 Å². The van der Waals surface area contributed by atoms with Crippen LogP contribution in [0, 0.1) is 0 Å². The fourth-order valence-corrected chi connectivity index (χ4v) is 6.34. The molecule has 3 aliphatic heterocycles. The Balaban J connectivity index is 1.19. The summed E-state index contributed by atoms with van der Waals surface area (Å²) in [5, 5.41) is 0. The molecular formula is C32H36GaN4O6. The molecule has 0 spiro atoms. The minimum absolute atomic E-state index is 0.592. The number of benzene rings is 3. The first-order valence-corrected chi connectivity index (χ1v) is 16.7. The van der Waals surface area contributed by atoms with Crippen molar-refractivity contribution in [2.75, 3.05) is 78.9 Å². The molecule has 0 atom stereocenters. The van der Waals surface area contributed by atoms with Gasteiger partial charge in [-0.15, -0.1) is 0 Å². The van der Waals surface area contributed by atoms with Gasteiger partial charge in [-0.1, -0.05) is 0 Å². The van der Waals surface area contributed by atoms with Crippen LogP contribution < -0.4 is 16.5 Å². The average molecular weight is 642 g/mol. The monoisotopic (exact) mass is 641 g/mol. The van der Waals surface area contributed by atoms with Gasteiger partial charge < -0.3 is 0 Å². The van der Waals surface area contributed by atoms with Crippen molar-refractivity contribution in [3.05, 3.63) is 71.8 Å². The van der Waals surface area contributed by atoms with E-state index in [-0.39, 0.29) is 0 Å². The number of nitrogens with zero attached hydrogens (tertiary/aromatic N) is 4. The summed E-state index contributed by atoms with van der Waals surface area (Å²) >= 11 is -1.67. The normalized spacial score (nSPS) is 17.4. The Bertz CT molecular complexity index is 1300. The van der Waals surface area contributed by atoms with Gasteiger partial charge in [0, 0.05) is 0 Å². The number of hydrogen-bond donors (Lipinski definition) is 0. The van der Waals surface area contributed by atoms with Crippen molar-refractivity contribution in [3.8, 4) is 23.0 Å². The third-order valence-electron chi connectivity index (χ3n) is 7.45. The molecule has 11 heteroatoms. The van der Waals surface area contributed by atoms with Crippen LogP contribution in [-0.4, -0.2) is 119 Å². The molecule has 6 rings (SSSR count). The van der Waals surface area contributed by atoms with Gasteiger partial charge in [0.05, 0.1) is 0 Å². The van der Waals surface area contributed by atoms with Crippen LogP contribution in [0.15, 0.2) is 70.6 Å². The van der Waals surface area contributed by atoms with Gasteiger partial charge in [-0.3, -0.25) is 0 Å². The molecule has 3 aromatic rings. The van der Waals surface area contributed by atoms with Crippen molar-refractivity contribution >= 4 is 41.9 Å². The predicted octanol–water partition coefficient (Wildman–Crippen LogP) is 3.92. The first kappa shape index (κ1) is 29.7. The Morgan fingerprint density at radius 2 is 1.09 bits per heavy atom. The number of morpholine rings is 2. The van der Waals surface area contributed by atoms with Gasteiger partial charge in [0.25, 0.3) is 0 Å². The van der Waals surface area contributed by atoms with Crippen LogP contribution in [0.25, 0.3) is 0 Å². The van der Waals surface area contributed by atoms with Crippen molar-refractivity contribution in [1.82, 2.24) is 9.80 Å². The van der Waals surface area contributed by atoms with Crippen LogP contribution in [0.3, 0.4) is 0 Å². The fraction of sp³-hybridized carbons (Fsp3) is 0.375. The molecule has 0 amide bonds.